The molecule has 0 spiro atoms. The van der Waals surface area contributed by atoms with Crippen molar-refractivity contribution in [3.8, 4) is 82.9 Å². The number of hydrogen-bond donors (Lipinski definition) is 2. The number of imidazole rings is 2. The summed E-state index contributed by atoms with van der Waals surface area (Å²) in [7, 11) is 0. The van der Waals surface area contributed by atoms with E-state index >= 15 is 0 Å². The summed E-state index contributed by atoms with van der Waals surface area (Å²) in [6.07, 6.45) is 9.93. The van der Waals surface area contributed by atoms with Crippen molar-refractivity contribution < 1.29 is 23.1 Å². The molecule has 0 aliphatic rings. The molecule has 3 N–H and O–H groups in total. The lowest BCUT2D eigenvalue weighted by atomic mass is 10.3. The number of fused-ring (bicyclic) bond motifs is 2. The summed E-state index contributed by atoms with van der Waals surface area (Å²) in [6, 6.07) is 15.4. The molecule has 0 bridgehead atoms. The van der Waals surface area contributed by atoms with Gasteiger partial charge in [-0.1, -0.05) is 50.4 Å². The third-order valence-corrected chi connectivity index (χ3v) is 7.95. The maximum Gasteiger partial charge on any atom is 0.375 e. The van der Waals surface area contributed by atoms with Gasteiger partial charge < -0.3 is 15.8 Å². The molecule has 0 radical (unpaired) electrons. The van der Waals surface area contributed by atoms with Crippen LogP contribution in [0.1, 0.15) is 69.2 Å². The lowest BCUT2D eigenvalue weighted by Gasteiger charge is -2.09. The van der Waals surface area contributed by atoms with E-state index in [2.05, 4.69) is 97.3 Å². The summed E-state index contributed by atoms with van der Waals surface area (Å²) >= 11 is 11.4. The molecule has 0 saturated heterocycles. The summed E-state index contributed by atoms with van der Waals surface area (Å²) in [4.78, 5) is 41.5. The van der Waals surface area contributed by atoms with Gasteiger partial charge in [0, 0.05) is 18.9 Å². The number of pyridine rings is 2. The number of esters is 1. The number of benzene rings is 2. The topological polar surface area (TPSA) is 143 Å². The smallest absolute Gasteiger partial charge is 0.375 e. The van der Waals surface area contributed by atoms with Crippen molar-refractivity contribution in [3.63, 3.8) is 0 Å². The van der Waals surface area contributed by atoms with E-state index in [1.54, 1.807) is 62.6 Å². The van der Waals surface area contributed by atoms with Crippen LogP contribution >= 0.6 is 23.2 Å². The van der Waals surface area contributed by atoms with Gasteiger partial charge >= 0.3 is 5.97 Å². The first kappa shape index (κ1) is 51.5. The van der Waals surface area contributed by atoms with Gasteiger partial charge in [0.15, 0.2) is 11.3 Å². The van der Waals surface area contributed by atoms with E-state index in [-0.39, 0.29) is 41.6 Å². The van der Waals surface area contributed by atoms with Crippen molar-refractivity contribution in [1.29, 1.82) is 0 Å². The van der Waals surface area contributed by atoms with Gasteiger partial charge in [0.25, 0.3) is 5.91 Å². The molecule has 0 unspecified atom stereocenters. The number of halogens is 4. The molecular weight excluding hydrogens is 845 g/mol. The van der Waals surface area contributed by atoms with E-state index < -0.39 is 17.6 Å². The molecule has 0 saturated carbocycles. The predicted octanol–water partition coefficient (Wildman–Crippen LogP) is 8.39. The first-order valence-electron chi connectivity index (χ1n) is 18.7. The van der Waals surface area contributed by atoms with Gasteiger partial charge in [-0.05, 0) is 153 Å². The van der Waals surface area contributed by atoms with E-state index in [1.807, 2.05) is 6.92 Å². The SMILES string of the molecule is C.C#CC#CC#CC#CC#CC#CC.CCCN.CCCNC(=O)c1nc2cccnc2n1-c1ccc(Cl)c(F)c1.CCOC(=O)c1nc2cccnc2n1-c1ccc(Cl)c(F)c1. The number of ether oxygens (including phenoxy) is 1. The zero-order chi connectivity index (χ0) is 45.3. The number of carbonyl (C=O) groups excluding carboxylic acids is 2. The Kier molecular flexibility index (Phi) is 22.9. The normalized spacial score (nSPS) is 9.02. The number of nitrogens with zero attached hydrogens (tertiary/aromatic N) is 6. The summed E-state index contributed by atoms with van der Waals surface area (Å²) in [6.45, 7) is 8.98. The Morgan fingerprint density at radius 2 is 1.21 bits per heavy atom. The van der Waals surface area contributed by atoms with Crippen molar-refractivity contribution in [2.45, 2.75) is 48.0 Å². The number of terminal acetylenes is 1. The predicted molar refractivity (Wildman–Crippen MR) is 246 cm³/mol. The highest BCUT2D eigenvalue weighted by Crippen LogP contribution is 2.25. The molecule has 1 amide bonds. The molecule has 4 heterocycles. The van der Waals surface area contributed by atoms with Gasteiger partial charge in [-0.3, -0.25) is 13.9 Å². The Hall–Kier alpha value is -7.62. The largest absolute Gasteiger partial charge is 0.460 e. The molecule has 320 valence electrons. The standard InChI is InChI=1S/C16H14ClFN4O.C15H11ClFN3O2.C13H4.C3H9N.CH4/c1-2-7-20-16(23)15-21-13-4-3-8-19-14(13)22(15)10-5-6-11(17)12(18)9-10;1-2-22-15(21)14-19-12-4-3-7-18-13(12)20(14)9-5-6-10(16)11(17)8-9;1-3-5-7-9-11-13-12-10-8-6-4-2;1-2-3-4;/h3-6,8-9H,2,7H2,1H3,(H,20,23);3-8H,2H2,1H3;1H,2H3;2-4H2,1H3;1H4. The van der Waals surface area contributed by atoms with Crippen LogP contribution in [-0.2, 0) is 4.74 Å². The fourth-order valence-electron chi connectivity index (χ4n) is 4.68. The molecule has 15 heteroatoms. The number of hydrogen-bond acceptors (Lipinski definition) is 8. The highest BCUT2D eigenvalue weighted by atomic mass is 35.5. The first-order chi connectivity index (χ1) is 30.1. The van der Waals surface area contributed by atoms with Crippen LogP contribution in [0.2, 0.25) is 10.0 Å². The summed E-state index contributed by atoms with van der Waals surface area (Å²) in [5, 5.41) is 2.79. The van der Waals surface area contributed by atoms with Gasteiger partial charge in [0.1, 0.15) is 22.7 Å². The summed E-state index contributed by atoms with van der Waals surface area (Å²) in [5.74, 6) is 25.0. The Balaban J connectivity index is 0.000000320. The van der Waals surface area contributed by atoms with E-state index in [0.717, 1.165) is 19.4 Å². The zero-order valence-electron chi connectivity index (χ0n) is 34.0. The molecule has 11 nitrogen and oxygen atoms in total. The van der Waals surface area contributed by atoms with Gasteiger partial charge in [-0.15, -0.1) is 6.42 Å². The molecule has 4 aromatic heterocycles. The number of aromatic nitrogens is 6. The fourth-order valence-corrected chi connectivity index (χ4v) is 4.92. The Bertz CT molecular complexity index is 2900. The second kappa shape index (κ2) is 28.0. The van der Waals surface area contributed by atoms with Crippen molar-refractivity contribution in [3.05, 3.63) is 106 Å². The van der Waals surface area contributed by atoms with Crippen molar-refractivity contribution in [2.24, 2.45) is 5.73 Å². The van der Waals surface area contributed by atoms with Crippen molar-refractivity contribution in [2.75, 3.05) is 19.7 Å². The maximum absolute atomic E-state index is 13.8. The third-order valence-electron chi connectivity index (χ3n) is 7.34. The number of rotatable bonds is 8. The van der Waals surface area contributed by atoms with Crippen LogP contribution in [0.3, 0.4) is 0 Å². The Morgan fingerprint density at radius 1 is 0.746 bits per heavy atom. The van der Waals surface area contributed by atoms with Crippen LogP contribution in [0.5, 0.6) is 0 Å². The highest BCUT2D eigenvalue weighted by molar-refractivity contribution is 6.31. The number of carbonyl (C=O) groups is 2. The molecule has 6 rings (SSSR count). The third kappa shape index (κ3) is 15.4. The molecule has 0 aliphatic carbocycles. The van der Waals surface area contributed by atoms with E-state index in [0.29, 0.717) is 40.2 Å². The highest BCUT2D eigenvalue weighted by Gasteiger charge is 2.22. The number of nitrogens with one attached hydrogen (secondary N) is 1. The molecule has 6 aromatic rings. The van der Waals surface area contributed by atoms with Gasteiger partial charge in [-0.25, -0.2) is 33.5 Å². The second-order valence-corrected chi connectivity index (χ2v) is 12.5. The molecule has 0 atom stereocenters. The average molecular weight is 888 g/mol. The van der Waals surface area contributed by atoms with Gasteiger partial charge in [0.2, 0.25) is 11.6 Å². The van der Waals surface area contributed by atoms with Crippen LogP contribution in [0.15, 0.2) is 73.1 Å². The average Bonchev–Trinajstić information content (AvgIpc) is 3.87. The van der Waals surface area contributed by atoms with Crippen molar-refractivity contribution >= 4 is 57.4 Å². The maximum atomic E-state index is 13.8. The lowest BCUT2D eigenvalue weighted by molar-refractivity contribution is 0.0510. The molecule has 0 aliphatic heterocycles. The van der Waals surface area contributed by atoms with Crippen molar-refractivity contribution in [1.82, 2.24) is 34.4 Å². The quantitative estimate of drug-likeness (QED) is 0.115. The van der Waals surface area contributed by atoms with Crippen LogP contribution in [0.25, 0.3) is 33.7 Å². The van der Waals surface area contributed by atoms with Crippen LogP contribution < -0.4 is 11.1 Å². The molecule has 63 heavy (non-hydrogen) atoms. The molecule has 2 aromatic carbocycles. The molecular formula is C48H42Cl2F2N8O3. The summed E-state index contributed by atoms with van der Waals surface area (Å²) in [5.41, 5.74) is 7.86. The minimum Gasteiger partial charge on any atom is -0.460 e. The summed E-state index contributed by atoms with van der Waals surface area (Å²) < 4.78 is 35.6. The van der Waals surface area contributed by atoms with E-state index in [4.69, 9.17) is 40.1 Å². The van der Waals surface area contributed by atoms with Crippen LogP contribution in [0.4, 0.5) is 8.78 Å². The second-order valence-electron chi connectivity index (χ2n) is 11.7. The van der Waals surface area contributed by atoms with Crippen LogP contribution in [-0.4, -0.2) is 60.6 Å². The minimum atomic E-state index is -0.601. The lowest BCUT2D eigenvalue weighted by Crippen LogP contribution is -2.27. The van der Waals surface area contributed by atoms with Crippen LogP contribution in [0, 0.1) is 83.2 Å². The van der Waals surface area contributed by atoms with Gasteiger partial charge in [0.05, 0.1) is 28.0 Å². The zero-order valence-corrected chi connectivity index (χ0v) is 35.6. The first-order valence-corrected chi connectivity index (χ1v) is 19.4. The number of amides is 1. The van der Waals surface area contributed by atoms with E-state index in [1.165, 1.54) is 33.4 Å². The molecule has 0 fully saturated rings. The number of nitrogens with two attached hydrogens (primary N) is 1. The fraction of sp³-hybridized carbons (Fsp3) is 0.208. The minimum absolute atomic E-state index is 0. The Morgan fingerprint density at radius 3 is 1.63 bits per heavy atom. The Labute approximate surface area is 376 Å². The van der Waals surface area contributed by atoms with Gasteiger partial charge in [-0.2, -0.15) is 0 Å². The van der Waals surface area contributed by atoms with E-state index in [9.17, 15) is 18.4 Å². The monoisotopic (exact) mass is 886 g/mol.